The second-order valence-corrected chi connectivity index (χ2v) is 5.85. The summed E-state index contributed by atoms with van der Waals surface area (Å²) in [7, 11) is 0. The Morgan fingerprint density at radius 2 is 2.07 bits per heavy atom. The van der Waals surface area contributed by atoms with Gasteiger partial charge >= 0.3 is 0 Å². The van der Waals surface area contributed by atoms with Crippen LogP contribution in [-0.4, -0.2) is 15.4 Å². The SMILES string of the molecule is CCCC(N)Cc1nc(C(C)(C)C)ns1. The Morgan fingerprint density at radius 3 is 2.53 bits per heavy atom. The Labute approximate surface area is 96.3 Å². The molecular formula is C11H21N3S. The molecule has 0 amide bonds. The van der Waals surface area contributed by atoms with Crippen molar-refractivity contribution in [1.82, 2.24) is 9.36 Å². The smallest absolute Gasteiger partial charge is 0.147 e. The highest BCUT2D eigenvalue weighted by molar-refractivity contribution is 7.05. The van der Waals surface area contributed by atoms with Gasteiger partial charge in [0.05, 0.1) is 0 Å². The lowest BCUT2D eigenvalue weighted by atomic mass is 9.96. The van der Waals surface area contributed by atoms with Crippen molar-refractivity contribution >= 4 is 11.5 Å². The highest BCUT2D eigenvalue weighted by Gasteiger charge is 2.19. The normalized spacial score (nSPS) is 14.2. The van der Waals surface area contributed by atoms with E-state index in [4.69, 9.17) is 5.73 Å². The molecule has 0 aromatic carbocycles. The summed E-state index contributed by atoms with van der Waals surface area (Å²) >= 11 is 1.49. The van der Waals surface area contributed by atoms with Crippen LogP contribution in [0.5, 0.6) is 0 Å². The third kappa shape index (κ3) is 3.87. The molecular weight excluding hydrogens is 206 g/mol. The van der Waals surface area contributed by atoms with Crippen LogP contribution in [0.1, 0.15) is 51.4 Å². The maximum atomic E-state index is 5.97. The molecule has 1 atom stereocenters. The van der Waals surface area contributed by atoms with Crippen LogP contribution in [0.25, 0.3) is 0 Å². The maximum absolute atomic E-state index is 5.97. The van der Waals surface area contributed by atoms with E-state index in [1.807, 2.05) is 0 Å². The quantitative estimate of drug-likeness (QED) is 0.860. The van der Waals surface area contributed by atoms with Crippen molar-refractivity contribution in [1.29, 1.82) is 0 Å². The van der Waals surface area contributed by atoms with Gasteiger partial charge in [0.1, 0.15) is 10.8 Å². The Morgan fingerprint density at radius 1 is 1.40 bits per heavy atom. The van der Waals surface area contributed by atoms with E-state index in [2.05, 4.69) is 37.1 Å². The van der Waals surface area contributed by atoms with Crippen molar-refractivity contribution in [2.45, 2.75) is 58.4 Å². The molecule has 0 aliphatic rings. The van der Waals surface area contributed by atoms with E-state index >= 15 is 0 Å². The van der Waals surface area contributed by atoms with Crippen molar-refractivity contribution in [2.75, 3.05) is 0 Å². The molecule has 1 aromatic rings. The predicted molar refractivity (Wildman–Crippen MR) is 65.2 cm³/mol. The Hall–Kier alpha value is -0.480. The lowest BCUT2D eigenvalue weighted by molar-refractivity contribution is 0.547. The topological polar surface area (TPSA) is 51.8 Å². The molecule has 0 bridgehead atoms. The monoisotopic (exact) mass is 227 g/mol. The first-order valence-electron chi connectivity index (χ1n) is 5.52. The number of aromatic nitrogens is 2. The number of rotatable bonds is 4. The summed E-state index contributed by atoms with van der Waals surface area (Å²) in [4.78, 5) is 4.53. The zero-order valence-electron chi connectivity index (χ0n) is 10.1. The highest BCUT2D eigenvalue weighted by atomic mass is 32.1. The van der Waals surface area contributed by atoms with Crippen molar-refractivity contribution in [3.05, 3.63) is 10.8 Å². The summed E-state index contributed by atoms with van der Waals surface area (Å²) in [6.07, 6.45) is 3.05. The molecule has 1 heterocycles. The van der Waals surface area contributed by atoms with Gasteiger partial charge in [-0.15, -0.1) is 0 Å². The highest BCUT2D eigenvalue weighted by Crippen LogP contribution is 2.21. The Balaban J connectivity index is 2.61. The lowest BCUT2D eigenvalue weighted by Crippen LogP contribution is -2.22. The molecule has 1 aromatic heterocycles. The number of nitrogens with two attached hydrogens (primary N) is 1. The van der Waals surface area contributed by atoms with E-state index in [0.717, 1.165) is 30.1 Å². The molecule has 0 radical (unpaired) electrons. The summed E-state index contributed by atoms with van der Waals surface area (Å²) in [6.45, 7) is 8.54. The first-order chi connectivity index (χ1) is 6.93. The van der Waals surface area contributed by atoms with Crippen molar-refractivity contribution in [2.24, 2.45) is 5.73 Å². The van der Waals surface area contributed by atoms with Crippen LogP contribution in [0.2, 0.25) is 0 Å². The third-order valence-electron chi connectivity index (χ3n) is 2.24. The third-order valence-corrected chi connectivity index (χ3v) is 2.97. The van der Waals surface area contributed by atoms with Crippen LogP contribution in [-0.2, 0) is 11.8 Å². The number of nitrogens with zero attached hydrogens (tertiary/aromatic N) is 2. The van der Waals surface area contributed by atoms with Gasteiger partial charge in [-0.05, 0) is 18.0 Å². The van der Waals surface area contributed by atoms with Crippen LogP contribution < -0.4 is 5.73 Å². The summed E-state index contributed by atoms with van der Waals surface area (Å²) in [5, 5.41) is 1.07. The predicted octanol–water partition coefficient (Wildman–Crippen LogP) is 2.51. The molecule has 1 rings (SSSR count). The van der Waals surface area contributed by atoms with Gasteiger partial charge < -0.3 is 5.73 Å². The fourth-order valence-electron chi connectivity index (χ4n) is 1.34. The largest absolute Gasteiger partial charge is 0.327 e. The zero-order valence-corrected chi connectivity index (χ0v) is 10.9. The minimum absolute atomic E-state index is 0.0452. The summed E-state index contributed by atoms with van der Waals surface area (Å²) in [6, 6.07) is 0.232. The minimum Gasteiger partial charge on any atom is -0.327 e. The molecule has 0 aliphatic heterocycles. The van der Waals surface area contributed by atoms with Gasteiger partial charge in [-0.1, -0.05) is 34.1 Å². The van der Waals surface area contributed by atoms with Gasteiger partial charge in [-0.2, -0.15) is 4.37 Å². The van der Waals surface area contributed by atoms with Gasteiger partial charge in [-0.3, -0.25) is 0 Å². The fourth-order valence-corrected chi connectivity index (χ4v) is 2.26. The Bertz CT molecular complexity index is 301. The standard InChI is InChI=1S/C11H21N3S/c1-5-6-8(12)7-9-13-10(14-15-9)11(2,3)4/h8H,5-7,12H2,1-4H3. The molecule has 1 unspecified atom stereocenters. The first-order valence-corrected chi connectivity index (χ1v) is 6.29. The molecule has 0 spiro atoms. The van der Waals surface area contributed by atoms with Crippen molar-refractivity contribution in [3.63, 3.8) is 0 Å². The van der Waals surface area contributed by atoms with E-state index in [1.165, 1.54) is 11.5 Å². The fraction of sp³-hybridized carbons (Fsp3) is 0.818. The van der Waals surface area contributed by atoms with E-state index in [9.17, 15) is 0 Å². The molecule has 3 nitrogen and oxygen atoms in total. The lowest BCUT2D eigenvalue weighted by Gasteiger charge is -2.12. The first kappa shape index (κ1) is 12.6. The van der Waals surface area contributed by atoms with E-state index in [0.29, 0.717) is 0 Å². The van der Waals surface area contributed by atoms with Crippen LogP contribution >= 0.6 is 11.5 Å². The van der Waals surface area contributed by atoms with Gasteiger partial charge in [0, 0.05) is 17.9 Å². The van der Waals surface area contributed by atoms with Gasteiger partial charge in [0.15, 0.2) is 0 Å². The molecule has 2 N–H and O–H groups in total. The van der Waals surface area contributed by atoms with E-state index in [1.54, 1.807) is 0 Å². The molecule has 0 saturated heterocycles. The minimum atomic E-state index is 0.0452. The van der Waals surface area contributed by atoms with Gasteiger partial charge in [0.25, 0.3) is 0 Å². The average molecular weight is 227 g/mol. The van der Waals surface area contributed by atoms with Gasteiger partial charge in [0.2, 0.25) is 0 Å². The molecule has 0 aliphatic carbocycles. The Kier molecular flexibility index (Phi) is 4.22. The van der Waals surface area contributed by atoms with Crippen LogP contribution in [0, 0.1) is 0 Å². The molecule has 0 fully saturated rings. The zero-order chi connectivity index (χ0) is 11.5. The van der Waals surface area contributed by atoms with Gasteiger partial charge in [-0.25, -0.2) is 4.98 Å². The van der Waals surface area contributed by atoms with Crippen LogP contribution in [0.3, 0.4) is 0 Å². The van der Waals surface area contributed by atoms with Crippen molar-refractivity contribution < 1.29 is 0 Å². The summed E-state index contributed by atoms with van der Waals surface area (Å²) in [5.74, 6) is 0.936. The number of hydrogen-bond acceptors (Lipinski definition) is 4. The molecule has 0 saturated carbocycles. The number of hydrogen-bond donors (Lipinski definition) is 1. The second-order valence-electron chi connectivity index (χ2n) is 5.01. The summed E-state index contributed by atoms with van der Waals surface area (Å²) in [5.41, 5.74) is 6.02. The van der Waals surface area contributed by atoms with Crippen LogP contribution in [0.4, 0.5) is 0 Å². The molecule has 15 heavy (non-hydrogen) atoms. The average Bonchev–Trinajstić information content (AvgIpc) is 2.52. The van der Waals surface area contributed by atoms with E-state index < -0.39 is 0 Å². The molecule has 86 valence electrons. The summed E-state index contributed by atoms with van der Waals surface area (Å²) < 4.78 is 4.38. The maximum Gasteiger partial charge on any atom is 0.147 e. The second kappa shape index (κ2) is 5.03. The van der Waals surface area contributed by atoms with Crippen molar-refractivity contribution in [3.8, 4) is 0 Å². The van der Waals surface area contributed by atoms with Crippen LogP contribution in [0.15, 0.2) is 0 Å². The molecule has 4 heteroatoms. The van der Waals surface area contributed by atoms with E-state index in [-0.39, 0.29) is 11.5 Å².